The Labute approximate surface area is 143 Å². The van der Waals surface area contributed by atoms with Gasteiger partial charge in [-0.3, -0.25) is 0 Å². The summed E-state index contributed by atoms with van der Waals surface area (Å²) in [6.07, 6.45) is 0.807. The molecule has 0 saturated heterocycles. The summed E-state index contributed by atoms with van der Waals surface area (Å²) in [6.45, 7) is 7.12. The van der Waals surface area contributed by atoms with Crippen molar-refractivity contribution in [1.29, 1.82) is 0 Å². The maximum Gasteiger partial charge on any atom is 0.131 e. The van der Waals surface area contributed by atoms with E-state index in [1.54, 1.807) is 13.2 Å². The van der Waals surface area contributed by atoms with Crippen molar-refractivity contribution < 1.29 is 13.9 Å². The molecule has 3 rings (SSSR count). The van der Waals surface area contributed by atoms with Crippen molar-refractivity contribution in [1.82, 2.24) is 4.90 Å². The fourth-order valence-corrected chi connectivity index (χ4v) is 3.33. The van der Waals surface area contributed by atoms with Gasteiger partial charge in [-0.2, -0.15) is 0 Å². The van der Waals surface area contributed by atoms with Gasteiger partial charge in [-0.25, -0.2) is 4.39 Å². The lowest BCUT2D eigenvalue weighted by Gasteiger charge is -2.22. The van der Waals surface area contributed by atoms with Crippen molar-refractivity contribution in [3.05, 3.63) is 47.8 Å². The molecule has 0 aromatic heterocycles. The predicted octanol–water partition coefficient (Wildman–Crippen LogP) is 4.15. The van der Waals surface area contributed by atoms with Crippen LogP contribution in [0.4, 0.5) is 4.39 Å². The lowest BCUT2D eigenvalue weighted by Crippen LogP contribution is -2.34. The number of rotatable bonds is 6. The van der Waals surface area contributed by atoms with Gasteiger partial charge >= 0.3 is 0 Å². The van der Waals surface area contributed by atoms with Crippen molar-refractivity contribution >= 4 is 0 Å². The van der Waals surface area contributed by atoms with E-state index in [1.165, 1.54) is 6.07 Å². The number of hydrogen-bond acceptors (Lipinski definition) is 3. The summed E-state index contributed by atoms with van der Waals surface area (Å²) in [4.78, 5) is 2.33. The third-order valence-electron chi connectivity index (χ3n) is 4.62. The van der Waals surface area contributed by atoms with Gasteiger partial charge in [0, 0.05) is 29.7 Å². The minimum absolute atomic E-state index is 0.0650. The van der Waals surface area contributed by atoms with Gasteiger partial charge in [-0.1, -0.05) is 32.0 Å². The van der Waals surface area contributed by atoms with E-state index in [0.717, 1.165) is 54.2 Å². The summed E-state index contributed by atoms with van der Waals surface area (Å²) in [5.41, 5.74) is 2.57. The Morgan fingerprint density at radius 1 is 1.17 bits per heavy atom. The first kappa shape index (κ1) is 16.8. The quantitative estimate of drug-likeness (QED) is 0.795. The molecule has 0 aliphatic carbocycles. The third kappa shape index (κ3) is 3.24. The maximum atomic E-state index is 14.2. The van der Waals surface area contributed by atoms with Crippen LogP contribution >= 0.6 is 0 Å². The number of benzene rings is 2. The highest BCUT2D eigenvalue weighted by molar-refractivity contribution is 5.77. The normalized spacial score (nSPS) is 16.1. The second-order valence-corrected chi connectivity index (χ2v) is 6.07. The number of likely N-dealkylation sites (N-methyl/N-ethyl adjacent to an activating group) is 1. The van der Waals surface area contributed by atoms with Gasteiger partial charge in [-0.15, -0.1) is 0 Å². The van der Waals surface area contributed by atoms with E-state index < -0.39 is 0 Å². The molecule has 0 N–H and O–H groups in total. The number of halogens is 1. The maximum absolute atomic E-state index is 14.2. The van der Waals surface area contributed by atoms with Crippen LogP contribution in [0.15, 0.2) is 36.4 Å². The smallest absolute Gasteiger partial charge is 0.131 e. The second kappa shape index (κ2) is 7.22. The van der Waals surface area contributed by atoms with Gasteiger partial charge in [0.25, 0.3) is 0 Å². The molecule has 1 aliphatic heterocycles. The minimum Gasteiger partial charge on any atom is -0.496 e. The largest absolute Gasteiger partial charge is 0.496 e. The van der Waals surface area contributed by atoms with Crippen molar-refractivity contribution in [3.63, 3.8) is 0 Å². The molecular formula is C20H24FNO2. The standard InChI is InChI=1S/C20H24FNO2/c1-4-22(5-2)13-16-11-14-10-15(21)12-18(20(14)24-16)17-8-6-7-9-19(17)23-3/h6-10,12,16H,4-5,11,13H2,1-3H3. The van der Waals surface area contributed by atoms with Gasteiger partial charge < -0.3 is 14.4 Å². The Morgan fingerprint density at radius 2 is 1.92 bits per heavy atom. The van der Waals surface area contributed by atoms with Crippen molar-refractivity contribution in [3.8, 4) is 22.6 Å². The van der Waals surface area contributed by atoms with Crippen LogP contribution in [-0.4, -0.2) is 37.7 Å². The van der Waals surface area contributed by atoms with Crippen LogP contribution in [0.1, 0.15) is 19.4 Å². The molecule has 1 heterocycles. The second-order valence-electron chi connectivity index (χ2n) is 6.07. The van der Waals surface area contributed by atoms with Crippen molar-refractivity contribution in [2.45, 2.75) is 26.4 Å². The van der Waals surface area contributed by atoms with Crippen LogP contribution in [0, 0.1) is 5.82 Å². The van der Waals surface area contributed by atoms with Crippen molar-refractivity contribution in [2.24, 2.45) is 0 Å². The average molecular weight is 329 g/mol. The average Bonchev–Trinajstić information content (AvgIpc) is 3.01. The minimum atomic E-state index is -0.234. The van der Waals surface area contributed by atoms with Gasteiger partial charge in [0.05, 0.1) is 7.11 Å². The van der Waals surface area contributed by atoms with Crippen LogP contribution in [0.5, 0.6) is 11.5 Å². The zero-order valence-corrected chi connectivity index (χ0v) is 14.5. The van der Waals surface area contributed by atoms with E-state index in [1.807, 2.05) is 24.3 Å². The zero-order valence-electron chi connectivity index (χ0n) is 14.5. The van der Waals surface area contributed by atoms with Crippen LogP contribution in [0.2, 0.25) is 0 Å². The molecule has 4 heteroatoms. The Kier molecular flexibility index (Phi) is 5.05. The summed E-state index contributed by atoms with van der Waals surface area (Å²) < 4.78 is 25.8. The molecule has 0 saturated carbocycles. The Hall–Kier alpha value is -2.07. The summed E-state index contributed by atoms with van der Waals surface area (Å²) in [5.74, 6) is 1.28. The monoisotopic (exact) mass is 329 g/mol. The first-order valence-corrected chi connectivity index (χ1v) is 8.51. The molecule has 3 nitrogen and oxygen atoms in total. The fourth-order valence-electron chi connectivity index (χ4n) is 3.33. The molecular weight excluding hydrogens is 305 g/mol. The molecule has 0 radical (unpaired) electrons. The van der Waals surface area contributed by atoms with Crippen LogP contribution in [0.25, 0.3) is 11.1 Å². The highest BCUT2D eigenvalue weighted by Gasteiger charge is 2.28. The number of nitrogens with zero attached hydrogens (tertiary/aromatic N) is 1. The highest BCUT2D eigenvalue weighted by atomic mass is 19.1. The molecule has 0 fully saturated rings. The summed E-state index contributed by atoms with van der Waals surface area (Å²) in [5, 5.41) is 0. The predicted molar refractivity (Wildman–Crippen MR) is 94.3 cm³/mol. The molecule has 1 aliphatic rings. The lowest BCUT2D eigenvalue weighted by molar-refractivity contribution is 0.159. The van der Waals surface area contributed by atoms with Gasteiger partial charge in [-0.05, 0) is 31.3 Å². The van der Waals surface area contributed by atoms with Gasteiger partial charge in [0.15, 0.2) is 0 Å². The molecule has 128 valence electrons. The summed E-state index contributed by atoms with van der Waals surface area (Å²) >= 11 is 0. The molecule has 0 spiro atoms. The van der Waals surface area contributed by atoms with E-state index in [4.69, 9.17) is 9.47 Å². The molecule has 1 unspecified atom stereocenters. The molecule has 2 aromatic carbocycles. The number of fused-ring (bicyclic) bond motifs is 1. The molecule has 0 bridgehead atoms. The van der Waals surface area contributed by atoms with Crippen LogP contribution < -0.4 is 9.47 Å². The van der Waals surface area contributed by atoms with Gasteiger partial charge in [0.2, 0.25) is 0 Å². The molecule has 0 amide bonds. The summed E-state index contributed by atoms with van der Waals surface area (Å²) in [7, 11) is 1.63. The summed E-state index contributed by atoms with van der Waals surface area (Å²) in [6, 6.07) is 10.8. The van der Waals surface area contributed by atoms with E-state index in [2.05, 4.69) is 18.7 Å². The van der Waals surface area contributed by atoms with E-state index in [-0.39, 0.29) is 11.9 Å². The van der Waals surface area contributed by atoms with Crippen molar-refractivity contribution in [2.75, 3.05) is 26.7 Å². The fraction of sp³-hybridized carbons (Fsp3) is 0.400. The highest BCUT2D eigenvalue weighted by Crippen LogP contribution is 2.42. The molecule has 24 heavy (non-hydrogen) atoms. The Bertz CT molecular complexity index is 713. The Balaban J connectivity index is 1.96. The Morgan fingerprint density at radius 3 is 2.62 bits per heavy atom. The first-order chi connectivity index (χ1) is 11.7. The number of methoxy groups -OCH3 is 1. The van der Waals surface area contributed by atoms with Crippen LogP contribution in [-0.2, 0) is 6.42 Å². The van der Waals surface area contributed by atoms with E-state index >= 15 is 0 Å². The zero-order chi connectivity index (χ0) is 17.1. The van der Waals surface area contributed by atoms with E-state index in [9.17, 15) is 4.39 Å². The van der Waals surface area contributed by atoms with E-state index in [0.29, 0.717) is 0 Å². The number of para-hydroxylation sites is 1. The molecule has 1 atom stereocenters. The third-order valence-corrected chi connectivity index (χ3v) is 4.62. The number of hydrogen-bond donors (Lipinski definition) is 0. The lowest BCUT2D eigenvalue weighted by atomic mass is 9.99. The first-order valence-electron chi connectivity index (χ1n) is 8.51. The number of ether oxygens (including phenoxy) is 2. The van der Waals surface area contributed by atoms with Gasteiger partial charge in [0.1, 0.15) is 23.4 Å². The topological polar surface area (TPSA) is 21.7 Å². The van der Waals surface area contributed by atoms with Crippen LogP contribution in [0.3, 0.4) is 0 Å². The SMILES string of the molecule is CCN(CC)CC1Cc2cc(F)cc(-c3ccccc3OC)c2O1. The molecule has 2 aromatic rings.